The highest BCUT2D eigenvalue weighted by atomic mass is 16.7. The van der Waals surface area contributed by atoms with Gasteiger partial charge in [-0.1, -0.05) is 51.5 Å². The van der Waals surface area contributed by atoms with Crippen LogP contribution < -0.4 is 9.57 Å². The zero-order chi connectivity index (χ0) is 12.2. The summed E-state index contributed by atoms with van der Waals surface area (Å²) in [5, 5.41) is 0. The predicted octanol–water partition coefficient (Wildman–Crippen LogP) is 3.54. The molecule has 0 aliphatic heterocycles. The fourth-order valence-electron chi connectivity index (χ4n) is 1.87. The van der Waals surface area contributed by atoms with E-state index >= 15 is 0 Å². The van der Waals surface area contributed by atoms with Crippen LogP contribution >= 0.6 is 0 Å². The molecule has 0 aromatic carbocycles. The molecule has 0 N–H and O–H groups in total. The lowest BCUT2D eigenvalue weighted by atomic mass is 10.1. The number of nitrogens with zero attached hydrogens (tertiary/aromatic N) is 1. The van der Waals surface area contributed by atoms with Gasteiger partial charge in [-0.15, -0.1) is 0 Å². The van der Waals surface area contributed by atoms with Crippen molar-refractivity contribution in [2.45, 2.75) is 58.3 Å². The molecule has 2 nitrogen and oxygen atoms in total. The molecule has 1 rings (SSSR count). The van der Waals surface area contributed by atoms with Crippen molar-refractivity contribution in [2.24, 2.45) is 0 Å². The molecule has 1 aromatic rings. The van der Waals surface area contributed by atoms with Gasteiger partial charge in [0.05, 0.1) is 0 Å². The van der Waals surface area contributed by atoms with Crippen molar-refractivity contribution in [3.05, 3.63) is 30.6 Å². The first-order valence-corrected chi connectivity index (χ1v) is 7.03. The van der Waals surface area contributed by atoms with Gasteiger partial charge in [0, 0.05) is 16.9 Å². The first-order valence-electron chi connectivity index (χ1n) is 7.03. The molecule has 0 bridgehead atoms. The van der Waals surface area contributed by atoms with Crippen LogP contribution in [-0.2, 0) is 0 Å². The topological polar surface area (TPSA) is 13.1 Å². The molecule has 0 saturated carbocycles. The molecule has 0 radical (unpaired) electrons. The van der Waals surface area contributed by atoms with E-state index in [-0.39, 0.29) is 0 Å². The molecule has 1 aromatic heterocycles. The van der Waals surface area contributed by atoms with Gasteiger partial charge in [-0.25, -0.2) is 0 Å². The Morgan fingerprint density at radius 2 is 1.35 bits per heavy atom. The molecular formula is C15H26NO+. The number of unbranched alkanes of at least 4 members (excludes halogenated alkanes) is 7. The Morgan fingerprint density at radius 1 is 0.765 bits per heavy atom. The minimum atomic E-state index is 0.823. The zero-order valence-electron chi connectivity index (χ0n) is 11.1. The SMILES string of the molecule is CCCCCCCCCCO[n+]1ccccc1. The van der Waals surface area contributed by atoms with Gasteiger partial charge in [0.25, 0.3) is 0 Å². The van der Waals surface area contributed by atoms with E-state index in [2.05, 4.69) is 6.92 Å². The molecule has 2 heteroatoms. The Kier molecular flexibility index (Phi) is 8.35. The Hall–Kier alpha value is -1.05. The van der Waals surface area contributed by atoms with E-state index in [0.29, 0.717) is 0 Å². The summed E-state index contributed by atoms with van der Waals surface area (Å²) >= 11 is 0. The summed E-state index contributed by atoms with van der Waals surface area (Å²) in [6, 6.07) is 5.96. The molecule has 0 aliphatic carbocycles. The van der Waals surface area contributed by atoms with Crippen molar-refractivity contribution in [2.75, 3.05) is 6.61 Å². The summed E-state index contributed by atoms with van der Waals surface area (Å²) in [6.45, 7) is 3.09. The molecule has 0 amide bonds. The van der Waals surface area contributed by atoms with Crippen LogP contribution in [0.15, 0.2) is 30.6 Å². The van der Waals surface area contributed by atoms with Crippen LogP contribution in [-0.4, -0.2) is 6.61 Å². The first kappa shape index (κ1) is 14.0. The van der Waals surface area contributed by atoms with Gasteiger partial charge < -0.3 is 0 Å². The second-order valence-electron chi connectivity index (χ2n) is 4.54. The quantitative estimate of drug-likeness (QED) is 0.447. The van der Waals surface area contributed by atoms with E-state index in [1.54, 1.807) is 4.73 Å². The Balaban J connectivity index is 1.85. The van der Waals surface area contributed by atoms with Crippen molar-refractivity contribution < 1.29 is 9.57 Å². The summed E-state index contributed by atoms with van der Waals surface area (Å²) in [6.07, 6.45) is 14.6. The van der Waals surface area contributed by atoms with E-state index in [1.165, 1.54) is 44.9 Å². The van der Waals surface area contributed by atoms with Gasteiger partial charge in [-0.3, -0.25) is 4.84 Å². The number of hydrogen-bond acceptors (Lipinski definition) is 1. The number of pyridine rings is 1. The lowest BCUT2D eigenvalue weighted by Gasteiger charge is -2.00. The smallest absolute Gasteiger partial charge is 0.222 e. The highest BCUT2D eigenvalue weighted by Crippen LogP contribution is 2.07. The minimum absolute atomic E-state index is 0.823. The van der Waals surface area contributed by atoms with Crippen molar-refractivity contribution in [1.29, 1.82) is 0 Å². The molecule has 0 fully saturated rings. The fourth-order valence-corrected chi connectivity index (χ4v) is 1.87. The summed E-state index contributed by atoms with van der Waals surface area (Å²) < 4.78 is 1.78. The maximum atomic E-state index is 5.57. The zero-order valence-corrected chi connectivity index (χ0v) is 11.1. The molecule has 0 unspecified atom stereocenters. The number of rotatable bonds is 10. The monoisotopic (exact) mass is 236 g/mol. The third-order valence-electron chi connectivity index (χ3n) is 2.93. The van der Waals surface area contributed by atoms with Crippen molar-refractivity contribution in [3.63, 3.8) is 0 Å². The molecule has 17 heavy (non-hydrogen) atoms. The molecule has 0 aliphatic rings. The van der Waals surface area contributed by atoms with Gasteiger partial charge in [-0.2, -0.15) is 0 Å². The molecule has 0 saturated heterocycles. The van der Waals surface area contributed by atoms with Crippen LogP contribution in [0.1, 0.15) is 58.3 Å². The Bertz CT molecular complexity index is 261. The van der Waals surface area contributed by atoms with Gasteiger partial charge in [-0.05, 0) is 12.8 Å². The molecular weight excluding hydrogens is 210 g/mol. The van der Waals surface area contributed by atoms with Crippen molar-refractivity contribution >= 4 is 0 Å². The van der Waals surface area contributed by atoms with E-state index in [0.717, 1.165) is 13.0 Å². The van der Waals surface area contributed by atoms with E-state index < -0.39 is 0 Å². The fraction of sp³-hybridized carbons (Fsp3) is 0.667. The highest BCUT2D eigenvalue weighted by molar-refractivity contribution is 4.83. The third kappa shape index (κ3) is 7.78. The molecule has 1 heterocycles. The van der Waals surface area contributed by atoms with Crippen LogP contribution in [0.4, 0.5) is 0 Å². The second-order valence-corrected chi connectivity index (χ2v) is 4.54. The lowest BCUT2D eigenvalue weighted by molar-refractivity contribution is -0.891. The van der Waals surface area contributed by atoms with Crippen molar-refractivity contribution in [1.82, 2.24) is 0 Å². The Labute approximate surface area is 106 Å². The normalized spacial score (nSPS) is 10.4. The second kappa shape index (κ2) is 10.1. The number of aromatic nitrogens is 1. The average molecular weight is 236 g/mol. The van der Waals surface area contributed by atoms with Gasteiger partial charge in [0.2, 0.25) is 12.4 Å². The maximum Gasteiger partial charge on any atom is 0.222 e. The molecule has 0 spiro atoms. The first-order chi connectivity index (χ1) is 8.43. The van der Waals surface area contributed by atoms with E-state index in [1.807, 2.05) is 30.6 Å². The standard InChI is InChI=1S/C15H26NO/c1-2-3-4-5-6-7-8-12-15-17-16-13-10-9-11-14-16/h9-11,13-14H,2-8,12,15H2,1H3/q+1. The van der Waals surface area contributed by atoms with E-state index in [4.69, 9.17) is 4.84 Å². The van der Waals surface area contributed by atoms with Crippen LogP contribution in [0.3, 0.4) is 0 Å². The Morgan fingerprint density at radius 3 is 2.00 bits per heavy atom. The maximum absolute atomic E-state index is 5.57. The minimum Gasteiger partial charge on any atom is -0.271 e. The summed E-state index contributed by atoms with van der Waals surface area (Å²) in [4.78, 5) is 5.57. The highest BCUT2D eigenvalue weighted by Gasteiger charge is 1.98. The molecule has 0 atom stereocenters. The lowest BCUT2D eigenvalue weighted by Crippen LogP contribution is -2.42. The summed E-state index contributed by atoms with van der Waals surface area (Å²) in [5.41, 5.74) is 0. The van der Waals surface area contributed by atoms with Gasteiger partial charge in [0.15, 0.2) is 6.61 Å². The van der Waals surface area contributed by atoms with Crippen LogP contribution in [0.5, 0.6) is 0 Å². The van der Waals surface area contributed by atoms with Crippen LogP contribution in [0.2, 0.25) is 0 Å². The van der Waals surface area contributed by atoms with Gasteiger partial charge >= 0.3 is 0 Å². The largest absolute Gasteiger partial charge is 0.271 e. The summed E-state index contributed by atoms with van der Waals surface area (Å²) in [5.74, 6) is 0. The predicted molar refractivity (Wildman–Crippen MR) is 70.7 cm³/mol. The third-order valence-corrected chi connectivity index (χ3v) is 2.93. The van der Waals surface area contributed by atoms with Crippen LogP contribution in [0.25, 0.3) is 0 Å². The van der Waals surface area contributed by atoms with Crippen LogP contribution in [0, 0.1) is 0 Å². The van der Waals surface area contributed by atoms with Gasteiger partial charge in [0.1, 0.15) is 0 Å². The summed E-state index contributed by atoms with van der Waals surface area (Å²) in [7, 11) is 0. The molecule has 96 valence electrons. The van der Waals surface area contributed by atoms with E-state index in [9.17, 15) is 0 Å². The van der Waals surface area contributed by atoms with Crippen molar-refractivity contribution in [3.8, 4) is 0 Å². The number of hydrogen-bond donors (Lipinski definition) is 0. The average Bonchev–Trinajstić information content (AvgIpc) is 2.38.